The van der Waals surface area contributed by atoms with Gasteiger partial charge in [-0.1, -0.05) is 12.1 Å². The van der Waals surface area contributed by atoms with E-state index in [2.05, 4.69) is 4.98 Å². The van der Waals surface area contributed by atoms with Crippen LogP contribution in [0.5, 0.6) is 5.75 Å². The number of nitrogens with zero attached hydrogens (tertiary/aromatic N) is 3. The second-order valence-electron chi connectivity index (χ2n) is 7.82. The van der Waals surface area contributed by atoms with Gasteiger partial charge in [0.1, 0.15) is 11.4 Å². The third kappa shape index (κ3) is 5.34. The summed E-state index contributed by atoms with van der Waals surface area (Å²) < 4.78 is 10.8. The molecule has 2 heterocycles. The summed E-state index contributed by atoms with van der Waals surface area (Å²) in [6, 6.07) is 11.2. The lowest BCUT2D eigenvalue weighted by molar-refractivity contribution is -0.138. The van der Waals surface area contributed by atoms with Crippen LogP contribution in [0.25, 0.3) is 5.57 Å². The quantitative estimate of drug-likeness (QED) is 0.503. The highest BCUT2D eigenvalue weighted by atomic mass is 16.5. The molecule has 0 radical (unpaired) electrons. The number of ether oxygens (including phenoxy) is 2. The van der Waals surface area contributed by atoms with Gasteiger partial charge in [0.25, 0.3) is 11.8 Å². The van der Waals surface area contributed by atoms with Crippen molar-refractivity contribution in [2.45, 2.75) is 33.3 Å². The molecule has 3 rings (SSSR count). The van der Waals surface area contributed by atoms with Crippen molar-refractivity contribution in [3.05, 3.63) is 65.6 Å². The molecule has 7 heteroatoms. The molecule has 0 spiro atoms. The Morgan fingerprint density at radius 3 is 2.31 bits per heavy atom. The van der Waals surface area contributed by atoms with Crippen LogP contribution >= 0.6 is 0 Å². The zero-order valence-corrected chi connectivity index (χ0v) is 19.2. The van der Waals surface area contributed by atoms with Crippen molar-refractivity contribution in [1.29, 1.82) is 0 Å². The third-order valence-electron chi connectivity index (χ3n) is 5.41. The van der Waals surface area contributed by atoms with Gasteiger partial charge in [0, 0.05) is 25.5 Å². The molecule has 170 valence electrons. The zero-order chi connectivity index (χ0) is 23.1. The van der Waals surface area contributed by atoms with E-state index in [1.165, 1.54) is 4.90 Å². The molecule has 0 N–H and O–H groups in total. The number of aromatic nitrogens is 1. The summed E-state index contributed by atoms with van der Waals surface area (Å²) in [5.74, 6) is 0.134. The number of amides is 2. The normalized spacial score (nSPS) is 14.0. The summed E-state index contributed by atoms with van der Waals surface area (Å²) in [5.41, 5.74) is 2.71. The molecule has 1 aliphatic rings. The van der Waals surface area contributed by atoms with Crippen LogP contribution in [0.1, 0.15) is 31.9 Å². The number of methoxy groups -OCH3 is 1. The minimum absolute atomic E-state index is 0.0313. The van der Waals surface area contributed by atoms with Crippen LogP contribution in [-0.2, 0) is 20.7 Å². The first kappa shape index (κ1) is 23.5. The standard InChI is InChI=1S/C25H31N3O4/c1-5-27(15-12-19-10-13-26-14-11-19)23-22(20-6-8-21(31-4)9-7-20)24(29)28(25(23)30)16-17-32-18(2)3/h6-11,13-14,18H,5,12,15-17H2,1-4H3. The van der Waals surface area contributed by atoms with E-state index in [4.69, 9.17) is 9.47 Å². The van der Waals surface area contributed by atoms with E-state index in [-0.39, 0.29) is 24.5 Å². The lowest BCUT2D eigenvalue weighted by Crippen LogP contribution is -2.38. The van der Waals surface area contributed by atoms with Gasteiger partial charge in [-0.05, 0) is 62.6 Å². The Labute approximate surface area is 189 Å². The van der Waals surface area contributed by atoms with Crippen molar-refractivity contribution in [1.82, 2.24) is 14.8 Å². The van der Waals surface area contributed by atoms with Crippen LogP contribution in [0, 0.1) is 0 Å². The van der Waals surface area contributed by atoms with Gasteiger partial charge in [-0.3, -0.25) is 19.5 Å². The van der Waals surface area contributed by atoms with Crippen LogP contribution in [0.2, 0.25) is 0 Å². The highest BCUT2D eigenvalue weighted by molar-refractivity contribution is 6.35. The molecule has 1 aliphatic heterocycles. The van der Waals surface area contributed by atoms with Crippen molar-refractivity contribution < 1.29 is 19.1 Å². The molecule has 0 fully saturated rings. The Morgan fingerprint density at radius 2 is 1.72 bits per heavy atom. The Hall–Kier alpha value is -3.19. The molecule has 32 heavy (non-hydrogen) atoms. The first-order valence-corrected chi connectivity index (χ1v) is 11.0. The fourth-order valence-corrected chi connectivity index (χ4v) is 3.70. The topological polar surface area (TPSA) is 72.0 Å². The maximum Gasteiger partial charge on any atom is 0.277 e. The van der Waals surface area contributed by atoms with Crippen LogP contribution < -0.4 is 4.74 Å². The van der Waals surface area contributed by atoms with E-state index >= 15 is 0 Å². The summed E-state index contributed by atoms with van der Waals surface area (Å²) in [6.45, 7) is 7.60. The van der Waals surface area contributed by atoms with Crippen molar-refractivity contribution in [3.8, 4) is 5.75 Å². The lowest BCUT2D eigenvalue weighted by atomic mass is 10.0. The highest BCUT2D eigenvalue weighted by Gasteiger charge is 2.41. The van der Waals surface area contributed by atoms with Gasteiger partial charge in [0.15, 0.2) is 0 Å². The van der Waals surface area contributed by atoms with E-state index in [0.717, 1.165) is 12.0 Å². The minimum atomic E-state index is -0.287. The summed E-state index contributed by atoms with van der Waals surface area (Å²) in [5, 5.41) is 0. The number of imide groups is 1. The number of hydrogen-bond donors (Lipinski definition) is 0. The predicted molar refractivity (Wildman–Crippen MR) is 123 cm³/mol. The van der Waals surface area contributed by atoms with Gasteiger partial charge in [-0.25, -0.2) is 0 Å². The maximum absolute atomic E-state index is 13.4. The van der Waals surface area contributed by atoms with Gasteiger partial charge < -0.3 is 14.4 Å². The van der Waals surface area contributed by atoms with Crippen LogP contribution in [0.15, 0.2) is 54.5 Å². The van der Waals surface area contributed by atoms with Gasteiger partial charge in [0.2, 0.25) is 0 Å². The molecule has 0 unspecified atom stereocenters. The Kier molecular flexibility index (Phi) is 8.00. The first-order chi connectivity index (χ1) is 15.5. The lowest BCUT2D eigenvalue weighted by Gasteiger charge is -2.25. The maximum atomic E-state index is 13.4. The number of carbonyl (C=O) groups is 2. The number of benzene rings is 1. The largest absolute Gasteiger partial charge is 0.497 e. The number of hydrogen-bond acceptors (Lipinski definition) is 6. The average Bonchev–Trinajstić information content (AvgIpc) is 3.05. The highest BCUT2D eigenvalue weighted by Crippen LogP contribution is 2.32. The van der Waals surface area contributed by atoms with E-state index in [1.807, 2.05) is 49.9 Å². The minimum Gasteiger partial charge on any atom is -0.497 e. The van der Waals surface area contributed by atoms with Gasteiger partial charge >= 0.3 is 0 Å². The molecule has 2 aromatic rings. The van der Waals surface area contributed by atoms with Crippen molar-refractivity contribution >= 4 is 17.4 Å². The molecule has 7 nitrogen and oxygen atoms in total. The van der Waals surface area contributed by atoms with Gasteiger partial charge in [0.05, 0.1) is 31.9 Å². The molecule has 0 saturated carbocycles. The van der Waals surface area contributed by atoms with E-state index < -0.39 is 0 Å². The zero-order valence-electron chi connectivity index (χ0n) is 19.2. The van der Waals surface area contributed by atoms with Crippen LogP contribution in [-0.4, -0.2) is 66.1 Å². The third-order valence-corrected chi connectivity index (χ3v) is 5.41. The molecular weight excluding hydrogens is 406 g/mol. The fourth-order valence-electron chi connectivity index (χ4n) is 3.70. The second-order valence-corrected chi connectivity index (χ2v) is 7.82. The van der Waals surface area contributed by atoms with E-state index in [1.54, 1.807) is 31.6 Å². The fraction of sp³-hybridized carbons (Fsp3) is 0.400. The van der Waals surface area contributed by atoms with Crippen molar-refractivity contribution in [3.63, 3.8) is 0 Å². The van der Waals surface area contributed by atoms with Crippen LogP contribution in [0.4, 0.5) is 0 Å². The molecule has 0 atom stereocenters. The summed E-state index contributed by atoms with van der Waals surface area (Å²) in [4.78, 5) is 34.1. The molecule has 1 aromatic carbocycles. The number of rotatable bonds is 11. The van der Waals surface area contributed by atoms with Crippen molar-refractivity contribution in [2.24, 2.45) is 0 Å². The molecule has 2 amide bonds. The Balaban J connectivity index is 1.92. The summed E-state index contributed by atoms with van der Waals surface area (Å²) in [6.07, 6.45) is 4.29. The van der Waals surface area contributed by atoms with Crippen LogP contribution in [0.3, 0.4) is 0 Å². The van der Waals surface area contributed by atoms with E-state index in [0.29, 0.717) is 42.3 Å². The predicted octanol–water partition coefficient (Wildman–Crippen LogP) is 3.16. The molecular formula is C25H31N3O4. The smallest absolute Gasteiger partial charge is 0.277 e. The van der Waals surface area contributed by atoms with Crippen molar-refractivity contribution in [2.75, 3.05) is 33.4 Å². The Morgan fingerprint density at radius 1 is 1.03 bits per heavy atom. The summed E-state index contributed by atoms with van der Waals surface area (Å²) in [7, 11) is 1.60. The SMILES string of the molecule is CCN(CCc1ccncc1)C1=C(c2ccc(OC)cc2)C(=O)N(CCOC(C)C)C1=O. The molecule has 0 aliphatic carbocycles. The molecule has 1 aromatic heterocycles. The van der Waals surface area contributed by atoms with Gasteiger partial charge in [-0.2, -0.15) is 0 Å². The number of carbonyl (C=O) groups excluding carboxylic acids is 2. The first-order valence-electron chi connectivity index (χ1n) is 11.0. The monoisotopic (exact) mass is 437 g/mol. The van der Waals surface area contributed by atoms with Gasteiger partial charge in [-0.15, -0.1) is 0 Å². The average molecular weight is 438 g/mol. The number of likely N-dealkylation sites (N-methyl/N-ethyl adjacent to an activating group) is 1. The second kappa shape index (κ2) is 10.9. The summed E-state index contributed by atoms with van der Waals surface area (Å²) >= 11 is 0. The Bertz CT molecular complexity index is 955. The molecule has 0 bridgehead atoms. The van der Waals surface area contributed by atoms with E-state index in [9.17, 15) is 9.59 Å². The number of pyridine rings is 1. The molecule has 0 saturated heterocycles.